The summed E-state index contributed by atoms with van der Waals surface area (Å²) in [7, 11) is 0. The maximum atomic E-state index is 6.58. The van der Waals surface area contributed by atoms with Crippen LogP contribution in [-0.4, -0.2) is 4.98 Å². The fourth-order valence-electron chi connectivity index (χ4n) is 6.95. The fourth-order valence-corrected chi connectivity index (χ4v) is 6.95. The molecule has 4 heteroatoms. The molecule has 4 nitrogen and oxygen atoms in total. The van der Waals surface area contributed by atoms with Crippen LogP contribution in [0.4, 0.5) is 17.1 Å². The molecule has 0 aliphatic rings. The van der Waals surface area contributed by atoms with Gasteiger partial charge in [0.2, 0.25) is 5.71 Å². The monoisotopic (exact) mass is 602 g/mol. The van der Waals surface area contributed by atoms with E-state index in [9.17, 15) is 0 Å². The second-order valence-electron chi connectivity index (χ2n) is 12.0. The normalized spacial score (nSPS) is 11.8. The fraction of sp³-hybridized carbons (Fsp3) is 0. The zero-order chi connectivity index (χ0) is 30.9. The summed E-state index contributed by atoms with van der Waals surface area (Å²) in [5.41, 5.74) is 8.27. The molecule has 0 fully saturated rings. The third-order valence-electron chi connectivity index (χ3n) is 9.24. The Morgan fingerprint density at radius 3 is 1.98 bits per heavy atom. The SMILES string of the molecule is c1ccc(-c2ccc3c(n2)oc2c4cc(N(c5ccc6ccccc6c5)c5ccc6c(c5)oc5ccccc56)ccc4ccc32)cc1. The number of para-hydroxylation sites is 1. The highest BCUT2D eigenvalue weighted by Gasteiger charge is 2.18. The number of benzene rings is 7. The minimum atomic E-state index is 0.640. The van der Waals surface area contributed by atoms with E-state index in [0.29, 0.717) is 5.71 Å². The first-order chi connectivity index (χ1) is 23.3. The standard InChI is InChI=1S/C43H26N2O2/c1-2-9-29(10-3-1)39-23-22-37-36-20-16-28-15-18-32(25-38(28)42(36)47-43(37)44-39)45(31-17-14-27-8-4-5-11-30(27)24-31)33-19-21-35-34-12-6-7-13-40(34)46-41(35)26-33/h1-26H. The smallest absolute Gasteiger partial charge is 0.227 e. The van der Waals surface area contributed by atoms with Crippen molar-refractivity contribution < 1.29 is 8.83 Å². The van der Waals surface area contributed by atoms with Gasteiger partial charge in [-0.1, -0.05) is 91.0 Å². The van der Waals surface area contributed by atoms with Gasteiger partial charge in [-0.25, -0.2) is 4.98 Å². The van der Waals surface area contributed by atoms with Crippen LogP contribution in [0.3, 0.4) is 0 Å². The Balaban J connectivity index is 1.19. The van der Waals surface area contributed by atoms with Gasteiger partial charge in [-0.2, -0.15) is 0 Å². The quantitative estimate of drug-likeness (QED) is 0.201. The molecule has 220 valence electrons. The Kier molecular flexibility index (Phi) is 5.54. The third-order valence-corrected chi connectivity index (χ3v) is 9.24. The number of aromatic nitrogens is 1. The molecule has 0 aliphatic carbocycles. The van der Waals surface area contributed by atoms with E-state index in [1.54, 1.807) is 0 Å². The topological polar surface area (TPSA) is 42.4 Å². The van der Waals surface area contributed by atoms with E-state index in [4.69, 9.17) is 13.8 Å². The van der Waals surface area contributed by atoms with Crippen LogP contribution in [0.5, 0.6) is 0 Å². The summed E-state index contributed by atoms with van der Waals surface area (Å²) in [6.07, 6.45) is 0. The van der Waals surface area contributed by atoms with E-state index in [0.717, 1.165) is 77.4 Å². The third kappa shape index (κ3) is 4.12. The van der Waals surface area contributed by atoms with Crippen molar-refractivity contribution in [3.63, 3.8) is 0 Å². The maximum absolute atomic E-state index is 6.58. The van der Waals surface area contributed by atoms with Crippen LogP contribution in [0, 0.1) is 0 Å². The van der Waals surface area contributed by atoms with Gasteiger partial charge >= 0.3 is 0 Å². The molecule has 3 heterocycles. The van der Waals surface area contributed by atoms with Gasteiger partial charge in [0.05, 0.1) is 5.69 Å². The number of nitrogens with zero attached hydrogens (tertiary/aromatic N) is 2. The maximum Gasteiger partial charge on any atom is 0.227 e. The molecule has 0 amide bonds. The molecule has 0 atom stereocenters. The minimum Gasteiger partial charge on any atom is -0.456 e. The highest BCUT2D eigenvalue weighted by Crippen LogP contribution is 2.42. The van der Waals surface area contributed by atoms with Gasteiger partial charge < -0.3 is 13.7 Å². The molecule has 10 aromatic rings. The summed E-state index contributed by atoms with van der Waals surface area (Å²) >= 11 is 0. The van der Waals surface area contributed by atoms with Gasteiger partial charge in [0.1, 0.15) is 16.7 Å². The summed E-state index contributed by atoms with van der Waals surface area (Å²) < 4.78 is 12.9. The van der Waals surface area contributed by atoms with Crippen molar-refractivity contribution in [2.24, 2.45) is 0 Å². The lowest BCUT2D eigenvalue weighted by molar-refractivity contribution is 0.658. The first-order valence-electron chi connectivity index (χ1n) is 15.8. The number of fused-ring (bicyclic) bond motifs is 9. The van der Waals surface area contributed by atoms with Crippen molar-refractivity contribution in [1.29, 1.82) is 0 Å². The Hall–Kier alpha value is -6.39. The molecule has 47 heavy (non-hydrogen) atoms. The predicted molar refractivity (Wildman–Crippen MR) is 194 cm³/mol. The molecule has 7 aromatic carbocycles. The molecule has 0 aliphatic heterocycles. The summed E-state index contributed by atoms with van der Waals surface area (Å²) in [5, 5.41) is 8.81. The summed E-state index contributed by atoms with van der Waals surface area (Å²) in [4.78, 5) is 7.23. The van der Waals surface area contributed by atoms with Gasteiger partial charge in [-0.15, -0.1) is 0 Å². The van der Waals surface area contributed by atoms with Crippen LogP contribution < -0.4 is 4.90 Å². The molecule has 0 saturated heterocycles. The molecule has 10 rings (SSSR count). The van der Waals surface area contributed by atoms with E-state index >= 15 is 0 Å². The molecule has 0 N–H and O–H groups in total. The largest absolute Gasteiger partial charge is 0.456 e. The zero-order valence-electron chi connectivity index (χ0n) is 25.2. The average Bonchev–Trinajstić information content (AvgIpc) is 3.70. The highest BCUT2D eigenvalue weighted by molar-refractivity contribution is 6.15. The Bertz CT molecular complexity index is 2810. The van der Waals surface area contributed by atoms with Crippen molar-refractivity contribution in [3.05, 3.63) is 158 Å². The van der Waals surface area contributed by atoms with Crippen molar-refractivity contribution in [3.8, 4) is 11.3 Å². The lowest BCUT2D eigenvalue weighted by Gasteiger charge is -2.26. The van der Waals surface area contributed by atoms with Gasteiger partial charge in [-0.05, 0) is 76.8 Å². The minimum absolute atomic E-state index is 0.640. The van der Waals surface area contributed by atoms with E-state index in [1.165, 1.54) is 10.8 Å². The lowest BCUT2D eigenvalue weighted by atomic mass is 10.0. The van der Waals surface area contributed by atoms with E-state index in [1.807, 2.05) is 30.3 Å². The molecule has 3 aromatic heterocycles. The molecule has 0 bridgehead atoms. The molecule has 0 spiro atoms. The van der Waals surface area contributed by atoms with Crippen molar-refractivity contribution in [2.45, 2.75) is 0 Å². The van der Waals surface area contributed by atoms with Gasteiger partial charge in [0, 0.05) is 55.6 Å². The molecular weight excluding hydrogens is 576 g/mol. The number of pyridine rings is 1. The average molecular weight is 603 g/mol. The van der Waals surface area contributed by atoms with Crippen LogP contribution in [0.1, 0.15) is 0 Å². The first kappa shape index (κ1) is 25.9. The molecule has 0 radical (unpaired) electrons. The van der Waals surface area contributed by atoms with E-state index in [2.05, 4.69) is 132 Å². The lowest BCUT2D eigenvalue weighted by Crippen LogP contribution is -2.09. The second-order valence-corrected chi connectivity index (χ2v) is 12.0. The van der Waals surface area contributed by atoms with Crippen LogP contribution in [0.15, 0.2) is 167 Å². The van der Waals surface area contributed by atoms with E-state index in [-0.39, 0.29) is 0 Å². The van der Waals surface area contributed by atoms with Crippen LogP contribution >= 0.6 is 0 Å². The van der Waals surface area contributed by atoms with Crippen molar-refractivity contribution >= 4 is 82.6 Å². The first-order valence-corrected chi connectivity index (χ1v) is 15.8. The summed E-state index contributed by atoms with van der Waals surface area (Å²) in [6, 6.07) is 55.1. The van der Waals surface area contributed by atoms with Crippen LogP contribution in [0.25, 0.3) is 76.8 Å². The second kappa shape index (κ2) is 10.1. The molecule has 0 saturated carbocycles. The number of hydrogen-bond acceptors (Lipinski definition) is 4. The number of furan rings is 2. The summed E-state index contributed by atoms with van der Waals surface area (Å²) in [5.74, 6) is 0. The number of hydrogen-bond donors (Lipinski definition) is 0. The van der Waals surface area contributed by atoms with Gasteiger partial charge in [0.25, 0.3) is 0 Å². The predicted octanol–water partition coefficient (Wildman–Crippen LogP) is 12.3. The number of rotatable bonds is 4. The van der Waals surface area contributed by atoms with Gasteiger partial charge in [-0.3, -0.25) is 0 Å². The Labute approximate surface area is 269 Å². The van der Waals surface area contributed by atoms with Crippen molar-refractivity contribution in [2.75, 3.05) is 4.90 Å². The Morgan fingerprint density at radius 1 is 0.404 bits per heavy atom. The number of anilines is 3. The Morgan fingerprint density at radius 2 is 1.06 bits per heavy atom. The highest BCUT2D eigenvalue weighted by atomic mass is 16.3. The summed E-state index contributed by atoms with van der Waals surface area (Å²) in [6.45, 7) is 0. The van der Waals surface area contributed by atoms with Gasteiger partial charge in [0.15, 0.2) is 0 Å². The molecular formula is C43H26N2O2. The van der Waals surface area contributed by atoms with E-state index < -0.39 is 0 Å². The zero-order valence-corrected chi connectivity index (χ0v) is 25.2. The van der Waals surface area contributed by atoms with Crippen LogP contribution in [-0.2, 0) is 0 Å². The molecule has 0 unspecified atom stereocenters. The van der Waals surface area contributed by atoms with Crippen LogP contribution in [0.2, 0.25) is 0 Å². The van der Waals surface area contributed by atoms with Crippen molar-refractivity contribution in [1.82, 2.24) is 4.98 Å².